The molecule has 220 valence electrons. The first-order valence-electron chi connectivity index (χ1n) is 13.4. The highest BCUT2D eigenvalue weighted by molar-refractivity contribution is 5.96. The van der Waals surface area contributed by atoms with Gasteiger partial charge in [-0.05, 0) is 49.8 Å². The van der Waals surface area contributed by atoms with Crippen LogP contribution in [0, 0.1) is 5.92 Å². The fourth-order valence-corrected chi connectivity index (χ4v) is 4.33. The average Bonchev–Trinajstić information content (AvgIpc) is 3.29. The number of aromatic amines is 1. The van der Waals surface area contributed by atoms with Crippen molar-refractivity contribution < 1.29 is 29.1 Å². The van der Waals surface area contributed by atoms with Crippen molar-refractivity contribution in [1.82, 2.24) is 20.9 Å². The lowest BCUT2D eigenvalue weighted by molar-refractivity contribution is -0.142. The van der Waals surface area contributed by atoms with Crippen molar-refractivity contribution in [2.45, 2.75) is 76.5 Å². The van der Waals surface area contributed by atoms with E-state index in [1.165, 1.54) is 0 Å². The second kappa shape index (κ2) is 15.6. The van der Waals surface area contributed by atoms with E-state index in [-0.39, 0.29) is 18.8 Å². The Kier molecular flexibility index (Phi) is 12.6. The number of para-hydroxylation sites is 1. The summed E-state index contributed by atoms with van der Waals surface area (Å²) in [5.74, 6) is -4.20. The van der Waals surface area contributed by atoms with Crippen LogP contribution in [0.3, 0.4) is 0 Å². The number of carbonyl (C=O) groups is 5. The largest absolute Gasteiger partial charge is 0.480 e. The van der Waals surface area contributed by atoms with Gasteiger partial charge in [0.2, 0.25) is 23.6 Å². The molecule has 4 amide bonds. The lowest BCUT2D eigenvalue weighted by atomic mass is 10.0. The van der Waals surface area contributed by atoms with E-state index in [9.17, 15) is 29.1 Å². The van der Waals surface area contributed by atoms with Gasteiger partial charge in [0.05, 0.1) is 12.5 Å². The Bertz CT molecular complexity index is 1180. The molecule has 0 aliphatic heterocycles. The van der Waals surface area contributed by atoms with Crippen molar-refractivity contribution in [3.05, 3.63) is 36.0 Å². The summed E-state index contributed by atoms with van der Waals surface area (Å²) < 4.78 is 0. The highest BCUT2D eigenvalue weighted by atomic mass is 16.4. The van der Waals surface area contributed by atoms with Crippen LogP contribution < -0.4 is 33.2 Å². The molecule has 0 saturated heterocycles. The molecule has 0 bridgehead atoms. The van der Waals surface area contributed by atoms with E-state index in [1.807, 2.05) is 38.1 Å². The van der Waals surface area contributed by atoms with Crippen LogP contribution in [0.1, 0.15) is 51.5 Å². The number of nitrogens with one attached hydrogen (secondary N) is 4. The number of nitrogens with two attached hydrogens (primary N) is 3. The summed E-state index contributed by atoms with van der Waals surface area (Å²) in [7, 11) is 0. The smallest absolute Gasteiger partial charge is 0.326 e. The second-order valence-electron chi connectivity index (χ2n) is 10.3. The van der Waals surface area contributed by atoms with E-state index in [4.69, 9.17) is 17.2 Å². The fourth-order valence-electron chi connectivity index (χ4n) is 4.33. The third-order valence-electron chi connectivity index (χ3n) is 6.39. The number of carboxylic acids is 1. The highest BCUT2D eigenvalue weighted by Gasteiger charge is 2.31. The molecule has 0 aliphatic carbocycles. The minimum Gasteiger partial charge on any atom is -0.480 e. The zero-order valence-electron chi connectivity index (χ0n) is 22.9. The van der Waals surface area contributed by atoms with Crippen LogP contribution in [-0.4, -0.2) is 70.4 Å². The molecular formula is C27H41N7O6. The molecule has 40 heavy (non-hydrogen) atoms. The number of benzene rings is 1. The molecule has 4 unspecified atom stereocenters. The van der Waals surface area contributed by atoms with Crippen LogP contribution in [0.15, 0.2) is 30.5 Å². The lowest BCUT2D eigenvalue weighted by Gasteiger charge is -2.25. The Labute approximate surface area is 233 Å². The number of carboxylic acid groups (broad SMARTS) is 1. The number of aromatic nitrogens is 1. The number of aliphatic carboxylic acids is 1. The van der Waals surface area contributed by atoms with E-state index < -0.39 is 60.2 Å². The first kappa shape index (κ1) is 32.2. The Balaban J connectivity index is 2.28. The number of primary amides is 1. The van der Waals surface area contributed by atoms with E-state index in [2.05, 4.69) is 20.9 Å². The third-order valence-corrected chi connectivity index (χ3v) is 6.39. The van der Waals surface area contributed by atoms with Crippen LogP contribution in [-0.2, 0) is 30.4 Å². The summed E-state index contributed by atoms with van der Waals surface area (Å²) in [6.45, 7) is 4.19. The molecule has 1 aromatic carbocycles. The number of fused-ring (bicyclic) bond motifs is 1. The quantitative estimate of drug-likeness (QED) is 0.119. The zero-order chi connectivity index (χ0) is 29.8. The van der Waals surface area contributed by atoms with E-state index >= 15 is 0 Å². The van der Waals surface area contributed by atoms with Gasteiger partial charge in [0.1, 0.15) is 18.1 Å². The Hall–Kier alpha value is -3.97. The molecule has 0 aliphatic rings. The van der Waals surface area contributed by atoms with Crippen molar-refractivity contribution in [3.8, 4) is 0 Å². The molecular weight excluding hydrogens is 518 g/mol. The monoisotopic (exact) mass is 559 g/mol. The maximum atomic E-state index is 13.5. The minimum absolute atomic E-state index is 0.0533. The zero-order valence-corrected chi connectivity index (χ0v) is 22.9. The van der Waals surface area contributed by atoms with Gasteiger partial charge in [0.25, 0.3) is 0 Å². The van der Waals surface area contributed by atoms with Gasteiger partial charge in [-0.1, -0.05) is 32.0 Å². The Morgan fingerprint density at radius 2 is 1.55 bits per heavy atom. The highest BCUT2D eigenvalue weighted by Crippen LogP contribution is 2.19. The summed E-state index contributed by atoms with van der Waals surface area (Å²) in [6, 6.07) is 2.68. The number of hydrogen-bond acceptors (Lipinski definition) is 7. The molecule has 4 atom stereocenters. The van der Waals surface area contributed by atoms with Gasteiger partial charge >= 0.3 is 5.97 Å². The first-order valence-corrected chi connectivity index (χ1v) is 13.4. The molecule has 2 rings (SSSR count). The molecule has 1 aromatic heterocycles. The maximum absolute atomic E-state index is 13.5. The molecule has 0 saturated carbocycles. The lowest BCUT2D eigenvalue weighted by Crippen LogP contribution is -2.58. The third kappa shape index (κ3) is 9.97. The number of amides is 4. The minimum atomic E-state index is -1.46. The van der Waals surface area contributed by atoms with Crippen LogP contribution in [0.4, 0.5) is 0 Å². The van der Waals surface area contributed by atoms with Crippen molar-refractivity contribution in [1.29, 1.82) is 0 Å². The van der Waals surface area contributed by atoms with Crippen molar-refractivity contribution >= 4 is 40.5 Å². The van der Waals surface area contributed by atoms with Gasteiger partial charge in [-0.2, -0.15) is 0 Å². The number of H-pyrrole nitrogens is 1. The number of hydrogen-bond donors (Lipinski definition) is 8. The first-order chi connectivity index (χ1) is 18.9. The molecule has 0 spiro atoms. The standard InChI is InChI=1S/C27H41N7O6/c1-15(2)11-18(29)24(36)33-21(12-16-14-31-19-8-4-3-7-17(16)19)25(37)34-22(13-23(30)35)26(38)32-20(27(39)40)9-5-6-10-28/h3-4,7-8,14-15,18,20-22,31H,5-6,9-13,28-29H2,1-2H3,(H2,30,35)(H,32,38)(H,33,36)(H,34,37)(H,39,40). The van der Waals surface area contributed by atoms with E-state index in [0.29, 0.717) is 25.8 Å². The van der Waals surface area contributed by atoms with Gasteiger partial charge in [-0.15, -0.1) is 0 Å². The number of carbonyl (C=O) groups excluding carboxylic acids is 4. The Morgan fingerprint density at radius 3 is 2.17 bits per heavy atom. The molecule has 2 aromatic rings. The van der Waals surface area contributed by atoms with Gasteiger partial charge in [0, 0.05) is 23.5 Å². The normalized spacial score (nSPS) is 14.2. The summed E-state index contributed by atoms with van der Waals surface area (Å²) in [5.41, 5.74) is 18.4. The van der Waals surface area contributed by atoms with Crippen LogP contribution in [0.25, 0.3) is 10.9 Å². The van der Waals surface area contributed by atoms with Crippen LogP contribution in [0.2, 0.25) is 0 Å². The SMILES string of the molecule is CC(C)CC(N)C(=O)NC(Cc1c[nH]c2ccccc12)C(=O)NC(CC(N)=O)C(=O)NC(CCCCN)C(=O)O. The summed E-state index contributed by atoms with van der Waals surface area (Å²) in [5, 5.41) is 17.9. The van der Waals surface area contributed by atoms with Gasteiger partial charge in [-0.25, -0.2) is 4.79 Å². The second-order valence-corrected chi connectivity index (χ2v) is 10.3. The van der Waals surface area contributed by atoms with Crippen LogP contribution in [0.5, 0.6) is 0 Å². The molecule has 0 fully saturated rings. The van der Waals surface area contributed by atoms with E-state index in [0.717, 1.165) is 16.5 Å². The van der Waals surface area contributed by atoms with Gasteiger partial charge in [0.15, 0.2) is 0 Å². The maximum Gasteiger partial charge on any atom is 0.326 e. The average molecular weight is 560 g/mol. The Morgan fingerprint density at radius 1 is 0.925 bits per heavy atom. The molecule has 13 nitrogen and oxygen atoms in total. The predicted octanol–water partition coefficient (Wildman–Crippen LogP) is -0.373. The summed E-state index contributed by atoms with van der Waals surface area (Å²) in [6.07, 6.45) is 2.72. The summed E-state index contributed by atoms with van der Waals surface area (Å²) >= 11 is 0. The van der Waals surface area contributed by atoms with Crippen LogP contribution >= 0.6 is 0 Å². The molecule has 1 heterocycles. The fraction of sp³-hybridized carbons (Fsp3) is 0.519. The van der Waals surface area contributed by atoms with Crippen molar-refractivity contribution in [2.24, 2.45) is 23.1 Å². The number of rotatable bonds is 17. The predicted molar refractivity (Wildman–Crippen MR) is 150 cm³/mol. The molecule has 13 heteroatoms. The summed E-state index contributed by atoms with van der Waals surface area (Å²) in [4.78, 5) is 65.9. The van der Waals surface area contributed by atoms with E-state index in [1.54, 1.807) is 6.20 Å². The van der Waals surface area contributed by atoms with Crippen molar-refractivity contribution in [2.75, 3.05) is 6.54 Å². The van der Waals surface area contributed by atoms with Gasteiger partial charge in [-0.3, -0.25) is 19.2 Å². The van der Waals surface area contributed by atoms with Crippen molar-refractivity contribution in [3.63, 3.8) is 0 Å². The van der Waals surface area contributed by atoms with Gasteiger partial charge < -0.3 is 43.2 Å². The number of unbranched alkanes of at least 4 members (excludes halogenated alkanes) is 1. The topological polar surface area (TPSA) is 236 Å². The molecule has 0 radical (unpaired) electrons. The molecule has 11 N–H and O–H groups in total.